The third kappa shape index (κ3) is 3.04. The van der Waals surface area contributed by atoms with Gasteiger partial charge in [0.1, 0.15) is 0 Å². The quantitative estimate of drug-likeness (QED) is 0.661. The molecule has 0 bridgehead atoms. The summed E-state index contributed by atoms with van der Waals surface area (Å²) in [6, 6.07) is 1.75. The number of nitrogens with zero attached hydrogens (tertiary/aromatic N) is 2. The Kier molecular flexibility index (Phi) is 4.25. The van der Waals surface area contributed by atoms with Crippen molar-refractivity contribution in [3.05, 3.63) is 28.1 Å². The summed E-state index contributed by atoms with van der Waals surface area (Å²) in [5.41, 5.74) is -0.311. The summed E-state index contributed by atoms with van der Waals surface area (Å²) in [6.45, 7) is 0.510. The molecule has 0 amide bonds. The van der Waals surface area contributed by atoms with Crippen LogP contribution in [0.15, 0.2) is 12.1 Å². The minimum absolute atomic E-state index is 0.0441. The number of ether oxygens (including phenoxy) is 1. The molecule has 1 aromatic rings. The van der Waals surface area contributed by atoms with Gasteiger partial charge in [0, 0.05) is 18.7 Å². The molecule has 1 unspecified atom stereocenters. The molecule has 1 heterocycles. The largest absolute Gasteiger partial charge is 0.490 e. The summed E-state index contributed by atoms with van der Waals surface area (Å²) in [5.74, 6) is -1.75. The first kappa shape index (κ1) is 15.0. The molecule has 1 saturated heterocycles. The van der Waals surface area contributed by atoms with E-state index in [1.165, 1.54) is 13.2 Å². The molecule has 0 aromatic heterocycles. The lowest BCUT2D eigenvalue weighted by molar-refractivity contribution is -0.385. The summed E-state index contributed by atoms with van der Waals surface area (Å²) >= 11 is 0. The first-order valence-electron chi connectivity index (χ1n) is 6.44. The summed E-state index contributed by atoms with van der Waals surface area (Å²) < 4.78 is 19.1. The van der Waals surface area contributed by atoms with Gasteiger partial charge in [0.05, 0.1) is 30.2 Å². The van der Waals surface area contributed by atoms with Crippen molar-refractivity contribution in [2.45, 2.75) is 25.3 Å². The molecule has 1 aromatic carbocycles. The van der Waals surface area contributed by atoms with Crippen molar-refractivity contribution < 1.29 is 24.0 Å². The molecule has 1 N–H and O–H groups in total. The molecule has 1 aliphatic heterocycles. The zero-order chi connectivity index (χ0) is 15.6. The molecule has 1 atom stereocenters. The monoisotopic (exact) mass is 298 g/mol. The highest BCUT2D eigenvalue weighted by Gasteiger charge is 2.30. The Morgan fingerprint density at radius 2 is 2.33 bits per heavy atom. The van der Waals surface area contributed by atoms with Crippen molar-refractivity contribution in [2.24, 2.45) is 0 Å². The first-order valence-corrected chi connectivity index (χ1v) is 6.44. The Labute approximate surface area is 120 Å². The number of halogens is 1. The van der Waals surface area contributed by atoms with E-state index in [9.17, 15) is 19.3 Å². The average Bonchev–Trinajstić information content (AvgIpc) is 2.85. The maximum absolute atomic E-state index is 14.1. The zero-order valence-corrected chi connectivity index (χ0v) is 11.4. The molecular formula is C13H15FN2O5. The molecule has 114 valence electrons. The van der Waals surface area contributed by atoms with Gasteiger partial charge in [-0.1, -0.05) is 0 Å². The number of hydrogen-bond donors (Lipinski definition) is 1. The van der Waals surface area contributed by atoms with E-state index in [4.69, 9.17) is 9.84 Å². The summed E-state index contributed by atoms with van der Waals surface area (Å²) in [4.78, 5) is 22.6. The smallest absolute Gasteiger partial charge is 0.313 e. The summed E-state index contributed by atoms with van der Waals surface area (Å²) in [6.07, 6.45) is 1.29. The van der Waals surface area contributed by atoms with Crippen LogP contribution in [0.25, 0.3) is 0 Å². The number of carboxylic acids is 1. The van der Waals surface area contributed by atoms with Gasteiger partial charge in [0.15, 0.2) is 11.6 Å². The van der Waals surface area contributed by atoms with E-state index in [1.54, 1.807) is 4.90 Å². The van der Waals surface area contributed by atoms with Gasteiger partial charge in [-0.3, -0.25) is 14.9 Å². The zero-order valence-electron chi connectivity index (χ0n) is 11.4. The number of aliphatic carboxylic acids is 1. The summed E-state index contributed by atoms with van der Waals surface area (Å²) in [7, 11) is 1.27. The molecular weight excluding hydrogens is 283 g/mol. The van der Waals surface area contributed by atoms with Crippen LogP contribution in [0.5, 0.6) is 5.75 Å². The number of carbonyl (C=O) groups is 1. The Balaban J connectivity index is 2.39. The minimum atomic E-state index is -0.957. The molecule has 2 rings (SSSR count). The van der Waals surface area contributed by atoms with Gasteiger partial charge < -0.3 is 14.7 Å². The van der Waals surface area contributed by atoms with E-state index in [1.807, 2.05) is 0 Å². The Morgan fingerprint density at radius 3 is 2.90 bits per heavy atom. The number of nitro groups is 1. The van der Waals surface area contributed by atoms with Crippen molar-refractivity contribution in [3.8, 4) is 5.75 Å². The molecule has 0 radical (unpaired) electrons. The number of anilines is 1. The van der Waals surface area contributed by atoms with Crippen LogP contribution in [0.3, 0.4) is 0 Å². The second-order valence-electron chi connectivity index (χ2n) is 4.82. The minimum Gasteiger partial charge on any atom is -0.490 e. The second kappa shape index (κ2) is 5.94. The Hall–Kier alpha value is -2.38. The number of hydrogen-bond acceptors (Lipinski definition) is 5. The van der Waals surface area contributed by atoms with Crippen LogP contribution in [-0.2, 0) is 4.79 Å². The van der Waals surface area contributed by atoms with Gasteiger partial charge in [-0.2, -0.15) is 0 Å². The maximum Gasteiger partial charge on any atom is 0.313 e. The van der Waals surface area contributed by atoms with Gasteiger partial charge >= 0.3 is 11.7 Å². The lowest BCUT2D eigenvalue weighted by atomic mass is 10.1. The van der Waals surface area contributed by atoms with Crippen LogP contribution in [0.1, 0.15) is 19.3 Å². The van der Waals surface area contributed by atoms with E-state index in [-0.39, 0.29) is 23.9 Å². The lowest BCUT2D eigenvalue weighted by Gasteiger charge is -2.26. The van der Waals surface area contributed by atoms with Crippen molar-refractivity contribution in [1.82, 2.24) is 0 Å². The van der Waals surface area contributed by atoms with Crippen LogP contribution >= 0.6 is 0 Å². The molecule has 7 nitrogen and oxygen atoms in total. The van der Waals surface area contributed by atoms with E-state index >= 15 is 0 Å². The molecule has 1 aliphatic rings. The predicted octanol–water partition coefficient (Wildman–Crippen LogP) is 2.19. The van der Waals surface area contributed by atoms with Gasteiger partial charge in [0.2, 0.25) is 0 Å². The standard InChI is InChI=1S/C13H15FN2O5/c1-21-12-7-10(9(14)6-11(12)16(19)20)15-4-2-3-8(15)5-13(17)18/h6-8H,2-5H2,1H3,(H,17,18). The van der Waals surface area contributed by atoms with Crippen molar-refractivity contribution in [1.29, 1.82) is 0 Å². The van der Waals surface area contributed by atoms with Crippen LogP contribution in [-0.4, -0.2) is 35.7 Å². The topological polar surface area (TPSA) is 92.9 Å². The molecule has 0 spiro atoms. The number of rotatable bonds is 5. The van der Waals surface area contributed by atoms with Crippen LogP contribution in [0, 0.1) is 15.9 Å². The molecule has 8 heteroatoms. The van der Waals surface area contributed by atoms with E-state index in [0.29, 0.717) is 13.0 Å². The van der Waals surface area contributed by atoms with E-state index in [0.717, 1.165) is 12.5 Å². The van der Waals surface area contributed by atoms with Crippen LogP contribution < -0.4 is 9.64 Å². The van der Waals surface area contributed by atoms with Gasteiger partial charge in [-0.15, -0.1) is 0 Å². The number of nitro benzene ring substituents is 1. The van der Waals surface area contributed by atoms with Crippen LogP contribution in [0.2, 0.25) is 0 Å². The molecule has 21 heavy (non-hydrogen) atoms. The number of carboxylic acid groups (broad SMARTS) is 1. The number of methoxy groups -OCH3 is 1. The van der Waals surface area contributed by atoms with Gasteiger partial charge in [-0.25, -0.2) is 4.39 Å². The highest BCUT2D eigenvalue weighted by atomic mass is 19.1. The van der Waals surface area contributed by atoms with Crippen LogP contribution in [0.4, 0.5) is 15.8 Å². The van der Waals surface area contributed by atoms with Crippen molar-refractivity contribution in [2.75, 3.05) is 18.6 Å². The Morgan fingerprint density at radius 1 is 1.62 bits per heavy atom. The highest BCUT2D eigenvalue weighted by molar-refractivity contribution is 5.69. The highest BCUT2D eigenvalue weighted by Crippen LogP contribution is 2.37. The van der Waals surface area contributed by atoms with Crippen molar-refractivity contribution in [3.63, 3.8) is 0 Å². The fourth-order valence-corrected chi connectivity index (χ4v) is 2.63. The summed E-state index contributed by atoms with van der Waals surface area (Å²) in [5, 5.41) is 19.7. The maximum atomic E-state index is 14.1. The van der Waals surface area contributed by atoms with E-state index in [2.05, 4.69) is 0 Å². The fourth-order valence-electron chi connectivity index (χ4n) is 2.63. The fraction of sp³-hybridized carbons (Fsp3) is 0.462. The Bertz CT molecular complexity index is 578. The second-order valence-corrected chi connectivity index (χ2v) is 4.82. The van der Waals surface area contributed by atoms with Gasteiger partial charge in [-0.05, 0) is 12.8 Å². The third-order valence-electron chi connectivity index (χ3n) is 3.54. The van der Waals surface area contributed by atoms with Crippen molar-refractivity contribution >= 4 is 17.3 Å². The third-order valence-corrected chi connectivity index (χ3v) is 3.54. The average molecular weight is 298 g/mol. The van der Waals surface area contributed by atoms with Gasteiger partial charge in [0.25, 0.3) is 0 Å². The van der Waals surface area contributed by atoms with E-state index < -0.39 is 22.4 Å². The number of benzene rings is 1. The molecule has 1 fully saturated rings. The molecule has 0 saturated carbocycles. The molecule has 0 aliphatic carbocycles. The predicted molar refractivity (Wildman–Crippen MR) is 72.2 cm³/mol. The SMILES string of the molecule is COc1cc(N2CCCC2CC(=O)O)c(F)cc1[N+](=O)[O-]. The lowest BCUT2D eigenvalue weighted by Crippen LogP contribution is -2.32. The normalized spacial score (nSPS) is 17.8. The first-order chi connectivity index (χ1) is 9.93.